The molecular weight excluding hydrogens is 288 g/mol. The van der Waals surface area contributed by atoms with E-state index < -0.39 is 0 Å². The van der Waals surface area contributed by atoms with Crippen molar-refractivity contribution in [2.75, 3.05) is 23.8 Å². The minimum Gasteiger partial charge on any atom is -0.464 e. The maximum Gasteiger partial charge on any atom is 0.323 e. The molecule has 21 heavy (non-hydrogen) atoms. The summed E-state index contributed by atoms with van der Waals surface area (Å²) in [4.78, 5) is 18.3. The Morgan fingerprint density at radius 3 is 2.48 bits per heavy atom. The summed E-state index contributed by atoms with van der Waals surface area (Å²) in [7, 11) is 0. The first-order chi connectivity index (χ1) is 10.2. The first-order valence-corrected chi connectivity index (χ1v) is 7.87. The Hall–Kier alpha value is -1.96. The van der Waals surface area contributed by atoms with Crippen LogP contribution in [0.3, 0.4) is 0 Å². The van der Waals surface area contributed by atoms with Crippen molar-refractivity contribution in [2.24, 2.45) is 0 Å². The van der Waals surface area contributed by atoms with E-state index in [1.165, 1.54) is 4.88 Å². The zero-order valence-electron chi connectivity index (χ0n) is 12.5. The lowest BCUT2D eigenvalue weighted by Crippen LogP contribution is -2.10. The Labute approximate surface area is 128 Å². The summed E-state index contributed by atoms with van der Waals surface area (Å²) in [6, 6.07) is 0.319. The molecule has 2 aromatic heterocycles. The van der Waals surface area contributed by atoms with Crippen LogP contribution in [0.1, 0.15) is 30.7 Å². The number of rotatable bonds is 8. The van der Waals surface area contributed by atoms with Gasteiger partial charge in [-0.05, 0) is 20.3 Å². The molecule has 2 N–H and O–H groups in total. The Bertz CT molecular complexity index is 549. The second-order valence-electron chi connectivity index (χ2n) is 4.16. The predicted molar refractivity (Wildman–Crippen MR) is 84.0 cm³/mol. The van der Waals surface area contributed by atoms with E-state index in [0.717, 1.165) is 18.0 Å². The molecule has 114 valence electrons. The molecule has 0 aliphatic carbocycles. The monoisotopic (exact) mass is 308 g/mol. The molecule has 0 saturated heterocycles. The third kappa shape index (κ3) is 4.52. The van der Waals surface area contributed by atoms with Gasteiger partial charge in [-0.25, -0.2) is 4.98 Å². The van der Waals surface area contributed by atoms with Gasteiger partial charge < -0.3 is 15.4 Å². The normalized spacial score (nSPS) is 10.4. The number of ether oxygens (including phenoxy) is 1. The van der Waals surface area contributed by atoms with Crippen molar-refractivity contribution in [3.63, 3.8) is 0 Å². The van der Waals surface area contributed by atoms with Crippen molar-refractivity contribution in [3.05, 3.63) is 16.1 Å². The van der Waals surface area contributed by atoms with Gasteiger partial charge in [0.1, 0.15) is 5.01 Å². The highest BCUT2D eigenvalue weighted by Crippen LogP contribution is 2.16. The second-order valence-corrected chi connectivity index (χ2v) is 5.36. The zero-order chi connectivity index (χ0) is 15.1. The van der Waals surface area contributed by atoms with Crippen LogP contribution in [-0.4, -0.2) is 33.1 Å². The van der Waals surface area contributed by atoms with Gasteiger partial charge in [0.05, 0.1) is 13.2 Å². The van der Waals surface area contributed by atoms with Crippen LogP contribution in [0.2, 0.25) is 0 Å². The highest BCUT2D eigenvalue weighted by molar-refractivity contribution is 7.11. The van der Waals surface area contributed by atoms with Gasteiger partial charge in [0.2, 0.25) is 11.9 Å². The van der Waals surface area contributed by atoms with Gasteiger partial charge in [-0.1, -0.05) is 6.92 Å². The van der Waals surface area contributed by atoms with Crippen LogP contribution >= 0.6 is 11.3 Å². The first-order valence-electron chi connectivity index (χ1n) is 7.05. The maximum absolute atomic E-state index is 5.35. The molecule has 0 aliphatic rings. The zero-order valence-corrected chi connectivity index (χ0v) is 13.3. The molecule has 0 amide bonds. The fraction of sp³-hybridized carbons (Fsp3) is 0.538. The van der Waals surface area contributed by atoms with Gasteiger partial charge >= 0.3 is 6.01 Å². The highest BCUT2D eigenvalue weighted by atomic mass is 32.1. The highest BCUT2D eigenvalue weighted by Gasteiger charge is 2.07. The molecule has 0 saturated carbocycles. The van der Waals surface area contributed by atoms with Crippen LogP contribution in [-0.2, 0) is 13.0 Å². The molecule has 2 aromatic rings. The molecule has 2 heterocycles. The predicted octanol–water partition coefficient (Wildman–Crippen LogP) is 2.33. The van der Waals surface area contributed by atoms with E-state index in [2.05, 4.69) is 37.5 Å². The fourth-order valence-corrected chi connectivity index (χ4v) is 2.42. The molecule has 0 fully saturated rings. The minimum absolute atomic E-state index is 0.319. The molecule has 0 aromatic carbocycles. The fourth-order valence-electron chi connectivity index (χ4n) is 1.61. The smallest absolute Gasteiger partial charge is 0.323 e. The van der Waals surface area contributed by atoms with Crippen molar-refractivity contribution < 1.29 is 4.74 Å². The van der Waals surface area contributed by atoms with Crippen molar-refractivity contribution in [1.29, 1.82) is 0 Å². The topological polar surface area (TPSA) is 84.9 Å². The summed E-state index contributed by atoms with van der Waals surface area (Å²) in [5.74, 6) is 0.990. The molecule has 0 radical (unpaired) electrons. The van der Waals surface area contributed by atoms with Crippen molar-refractivity contribution in [2.45, 2.75) is 33.7 Å². The summed E-state index contributed by atoms with van der Waals surface area (Å²) < 4.78 is 5.35. The number of aryl methyl sites for hydroxylation is 1. The summed E-state index contributed by atoms with van der Waals surface area (Å²) in [5, 5.41) is 7.23. The van der Waals surface area contributed by atoms with E-state index in [0.29, 0.717) is 31.1 Å². The number of aromatic nitrogens is 4. The van der Waals surface area contributed by atoms with E-state index in [1.54, 1.807) is 11.3 Å². The van der Waals surface area contributed by atoms with Crippen molar-refractivity contribution in [3.8, 4) is 6.01 Å². The van der Waals surface area contributed by atoms with E-state index in [9.17, 15) is 0 Å². The average molecular weight is 308 g/mol. The first kappa shape index (κ1) is 15.4. The lowest BCUT2D eigenvalue weighted by molar-refractivity contribution is 0.312. The van der Waals surface area contributed by atoms with Gasteiger partial charge in [-0.2, -0.15) is 15.0 Å². The Kier molecular flexibility index (Phi) is 5.68. The van der Waals surface area contributed by atoms with E-state index >= 15 is 0 Å². The SMILES string of the molecule is CCNc1nc(NCc2ncc(CC)s2)nc(OCC)n1. The summed E-state index contributed by atoms with van der Waals surface area (Å²) >= 11 is 1.69. The third-order valence-corrected chi connectivity index (χ3v) is 3.71. The number of hydrogen-bond donors (Lipinski definition) is 2. The average Bonchev–Trinajstić information content (AvgIpc) is 2.94. The Morgan fingerprint density at radius 2 is 1.86 bits per heavy atom. The third-order valence-electron chi connectivity index (χ3n) is 2.57. The van der Waals surface area contributed by atoms with Crippen LogP contribution in [0.5, 0.6) is 6.01 Å². The molecule has 8 heteroatoms. The lowest BCUT2D eigenvalue weighted by Gasteiger charge is -2.08. The number of hydrogen-bond acceptors (Lipinski definition) is 8. The molecule has 0 atom stereocenters. The molecule has 0 aliphatic heterocycles. The Morgan fingerprint density at radius 1 is 1.10 bits per heavy atom. The van der Waals surface area contributed by atoms with Gasteiger partial charge in [-0.3, -0.25) is 0 Å². The molecule has 0 spiro atoms. The number of anilines is 2. The van der Waals surface area contributed by atoms with E-state index in [4.69, 9.17) is 4.74 Å². The Balaban J connectivity index is 2.06. The van der Waals surface area contributed by atoms with Crippen LogP contribution in [0, 0.1) is 0 Å². The maximum atomic E-state index is 5.35. The number of thiazole rings is 1. The van der Waals surface area contributed by atoms with Gasteiger partial charge in [0.15, 0.2) is 0 Å². The quantitative estimate of drug-likeness (QED) is 0.774. The summed E-state index contributed by atoms with van der Waals surface area (Å²) in [5.41, 5.74) is 0. The standard InChI is InChI=1S/C13H20N6OS/c1-4-9-7-15-10(21-9)8-16-12-17-11(14-5-2)18-13(19-12)20-6-3/h7H,4-6,8H2,1-3H3,(H2,14,16,17,18,19). The van der Waals surface area contributed by atoms with Crippen LogP contribution in [0.15, 0.2) is 6.20 Å². The minimum atomic E-state index is 0.319. The van der Waals surface area contributed by atoms with Crippen LogP contribution in [0.25, 0.3) is 0 Å². The molecule has 0 unspecified atom stereocenters. The lowest BCUT2D eigenvalue weighted by atomic mass is 10.4. The van der Waals surface area contributed by atoms with Gasteiger partial charge in [0, 0.05) is 17.6 Å². The molecule has 7 nitrogen and oxygen atoms in total. The van der Waals surface area contributed by atoms with E-state index in [1.807, 2.05) is 20.0 Å². The van der Waals surface area contributed by atoms with Gasteiger partial charge in [0.25, 0.3) is 0 Å². The second kappa shape index (κ2) is 7.72. The number of nitrogens with one attached hydrogen (secondary N) is 2. The summed E-state index contributed by atoms with van der Waals surface area (Å²) in [6.07, 6.45) is 2.91. The number of nitrogens with zero attached hydrogens (tertiary/aromatic N) is 4. The molecule has 0 bridgehead atoms. The summed E-state index contributed by atoms with van der Waals surface area (Å²) in [6.45, 7) is 7.84. The molecule has 2 rings (SSSR count). The van der Waals surface area contributed by atoms with Crippen molar-refractivity contribution in [1.82, 2.24) is 19.9 Å². The van der Waals surface area contributed by atoms with Crippen LogP contribution < -0.4 is 15.4 Å². The van der Waals surface area contributed by atoms with Crippen molar-refractivity contribution >= 4 is 23.2 Å². The van der Waals surface area contributed by atoms with E-state index in [-0.39, 0.29) is 0 Å². The van der Waals surface area contributed by atoms with Gasteiger partial charge in [-0.15, -0.1) is 11.3 Å². The molecular formula is C13H20N6OS. The largest absolute Gasteiger partial charge is 0.464 e. The van der Waals surface area contributed by atoms with Crippen LogP contribution in [0.4, 0.5) is 11.9 Å².